The first kappa shape index (κ1) is 19.7. The highest BCUT2D eigenvalue weighted by atomic mass is 35.5. The van der Waals surface area contributed by atoms with Crippen LogP contribution in [0.4, 0.5) is 21.9 Å². The zero-order chi connectivity index (χ0) is 19.8. The second-order valence-electron chi connectivity index (χ2n) is 6.10. The van der Waals surface area contributed by atoms with Crippen LogP contribution in [-0.2, 0) is 17.8 Å². The van der Waals surface area contributed by atoms with Crippen molar-refractivity contribution in [3.05, 3.63) is 71.5 Å². The molecule has 3 rings (SSSR count). The average molecular weight is 400 g/mol. The number of urea groups is 1. The quantitative estimate of drug-likeness (QED) is 0.523. The van der Waals surface area contributed by atoms with Crippen molar-refractivity contribution in [3.63, 3.8) is 0 Å². The van der Waals surface area contributed by atoms with E-state index in [1.807, 2.05) is 36.4 Å². The van der Waals surface area contributed by atoms with Gasteiger partial charge in [0, 0.05) is 25.5 Å². The number of methoxy groups -OCH3 is 1. The van der Waals surface area contributed by atoms with Crippen molar-refractivity contribution in [3.8, 4) is 0 Å². The highest BCUT2D eigenvalue weighted by Gasteiger charge is 2.07. The molecular formula is C20H22ClN5O2. The summed E-state index contributed by atoms with van der Waals surface area (Å²) in [6, 6.07) is 15.0. The molecule has 1 aromatic heterocycles. The molecular weight excluding hydrogens is 378 g/mol. The largest absolute Gasteiger partial charge is 0.383 e. The Morgan fingerprint density at radius 2 is 1.93 bits per heavy atom. The van der Waals surface area contributed by atoms with Crippen molar-refractivity contribution >= 4 is 34.7 Å². The van der Waals surface area contributed by atoms with E-state index in [1.165, 1.54) is 0 Å². The number of halogens is 1. The van der Waals surface area contributed by atoms with Gasteiger partial charge >= 0.3 is 6.03 Å². The third-order valence-electron chi connectivity index (χ3n) is 3.97. The van der Waals surface area contributed by atoms with E-state index in [0.29, 0.717) is 36.1 Å². The van der Waals surface area contributed by atoms with E-state index in [-0.39, 0.29) is 6.03 Å². The summed E-state index contributed by atoms with van der Waals surface area (Å²) >= 11 is 6.33. The van der Waals surface area contributed by atoms with Gasteiger partial charge in [0.2, 0.25) is 0 Å². The lowest BCUT2D eigenvalue weighted by Crippen LogP contribution is -2.19. The summed E-state index contributed by atoms with van der Waals surface area (Å²) in [6.07, 6.45) is 3.32. The molecule has 146 valence electrons. The number of carbonyl (C=O) groups excluding carboxylic acids is 1. The van der Waals surface area contributed by atoms with Crippen LogP contribution in [0, 0.1) is 0 Å². The summed E-state index contributed by atoms with van der Waals surface area (Å²) in [6.45, 7) is 1.84. The molecule has 0 aliphatic carbocycles. The van der Waals surface area contributed by atoms with Crippen LogP contribution in [-0.4, -0.2) is 29.5 Å². The minimum Gasteiger partial charge on any atom is -0.383 e. The lowest BCUT2D eigenvalue weighted by Gasteiger charge is -2.11. The standard InChI is InChI=1S/C20H22ClN5O2/c1-28-10-9-26-14-17(13-23-26)25-20(27)24-16-7-8-19(18(21)11-16)22-12-15-5-3-2-4-6-15/h2-8,11,13-14,22H,9-10,12H2,1H3,(H2,24,25,27). The van der Waals surface area contributed by atoms with E-state index in [1.54, 1.807) is 36.3 Å². The number of amides is 2. The zero-order valence-corrected chi connectivity index (χ0v) is 16.2. The predicted molar refractivity (Wildman–Crippen MR) is 112 cm³/mol. The van der Waals surface area contributed by atoms with Gasteiger partial charge in [0.05, 0.1) is 35.7 Å². The summed E-state index contributed by atoms with van der Waals surface area (Å²) in [7, 11) is 1.63. The Morgan fingerprint density at radius 1 is 1.14 bits per heavy atom. The first-order valence-corrected chi connectivity index (χ1v) is 9.18. The molecule has 2 aromatic carbocycles. The number of hydrogen-bond donors (Lipinski definition) is 3. The fourth-order valence-electron chi connectivity index (χ4n) is 2.56. The van der Waals surface area contributed by atoms with Crippen LogP contribution < -0.4 is 16.0 Å². The van der Waals surface area contributed by atoms with Gasteiger partial charge in [-0.25, -0.2) is 4.79 Å². The van der Waals surface area contributed by atoms with Crippen molar-refractivity contribution in [1.82, 2.24) is 9.78 Å². The average Bonchev–Trinajstić information content (AvgIpc) is 3.13. The van der Waals surface area contributed by atoms with Crippen LogP contribution in [0.2, 0.25) is 5.02 Å². The van der Waals surface area contributed by atoms with E-state index < -0.39 is 0 Å². The molecule has 3 aromatic rings. The molecule has 8 heteroatoms. The highest BCUT2D eigenvalue weighted by Crippen LogP contribution is 2.26. The molecule has 0 aliphatic rings. The lowest BCUT2D eigenvalue weighted by molar-refractivity contribution is 0.183. The number of rotatable bonds is 8. The monoisotopic (exact) mass is 399 g/mol. The van der Waals surface area contributed by atoms with Gasteiger partial charge in [-0.05, 0) is 23.8 Å². The molecule has 1 heterocycles. The van der Waals surface area contributed by atoms with Gasteiger partial charge in [0.1, 0.15) is 0 Å². The minimum absolute atomic E-state index is 0.368. The number of nitrogens with zero attached hydrogens (tertiary/aromatic N) is 2. The first-order valence-electron chi connectivity index (χ1n) is 8.81. The molecule has 3 N–H and O–H groups in total. The summed E-state index contributed by atoms with van der Waals surface area (Å²) in [5, 5.41) is 13.5. The van der Waals surface area contributed by atoms with Crippen molar-refractivity contribution in [2.24, 2.45) is 0 Å². The van der Waals surface area contributed by atoms with E-state index in [0.717, 1.165) is 11.3 Å². The summed E-state index contributed by atoms with van der Waals surface area (Å²) < 4.78 is 6.70. The van der Waals surface area contributed by atoms with Crippen molar-refractivity contribution in [2.75, 3.05) is 29.7 Å². The summed E-state index contributed by atoms with van der Waals surface area (Å²) in [5.74, 6) is 0. The third kappa shape index (κ3) is 5.73. The van der Waals surface area contributed by atoms with Gasteiger partial charge in [-0.1, -0.05) is 41.9 Å². The Balaban J connectivity index is 1.53. The van der Waals surface area contributed by atoms with Crippen LogP contribution in [0.15, 0.2) is 60.9 Å². The van der Waals surface area contributed by atoms with Crippen LogP contribution in [0.5, 0.6) is 0 Å². The van der Waals surface area contributed by atoms with Gasteiger partial charge < -0.3 is 20.7 Å². The Hall–Kier alpha value is -3.03. The normalized spacial score (nSPS) is 10.5. The van der Waals surface area contributed by atoms with Gasteiger partial charge in [-0.2, -0.15) is 5.10 Å². The van der Waals surface area contributed by atoms with Gasteiger partial charge in [-0.15, -0.1) is 0 Å². The molecule has 0 bridgehead atoms. The molecule has 7 nitrogen and oxygen atoms in total. The highest BCUT2D eigenvalue weighted by molar-refractivity contribution is 6.33. The third-order valence-corrected chi connectivity index (χ3v) is 4.28. The fraction of sp³-hybridized carbons (Fsp3) is 0.200. The molecule has 0 saturated heterocycles. The number of nitrogens with one attached hydrogen (secondary N) is 3. The molecule has 0 spiro atoms. The SMILES string of the molecule is COCCn1cc(NC(=O)Nc2ccc(NCc3ccccc3)c(Cl)c2)cn1. The van der Waals surface area contributed by atoms with Crippen LogP contribution in [0.1, 0.15) is 5.56 Å². The van der Waals surface area contributed by atoms with E-state index in [2.05, 4.69) is 21.0 Å². The number of anilines is 3. The van der Waals surface area contributed by atoms with Crippen LogP contribution in [0.3, 0.4) is 0 Å². The molecule has 0 radical (unpaired) electrons. The Labute approximate surface area is 168 Å². The van der Waals surface area contributed by atoms with Gasteiger partial charge in [-0.3, -0.25) is 4.68 Å². The topological polar surface area (TPSA) is 80.2 Å². The number of aromatic nitrogens is 2. The zero-order valence-electron chi connectivity index (χ0n) is 15.5. The molecule has 2 amide bonds. The van der Waals surface area contributed by atoms with Crippen molar-refractivity contribution < 1.29 is 9.53 Å². The second kappa shape index (κ2) is 9.77. The Morgan fingerprint density at radius 3 is 2.68 bits per heavy atom. The first-order chi connectivity index (χ1) is 13.6. The lowest BCUT2D eigenvalue weighted by atomic mass is 10.2. The number of ether oxygens (including phenoxy) is 1. The molecule has 0 aliphatic heterocycles. The van der Waals surface area contributed by atoms with Crippen LogP contribution in [0.25, 0.3) is 0 Å². The molecule has 28 heavy (non-hydrogen) atoms. The number of hydrogen-bond acceptors (Lipinski definition) is 4. The Kier molecular flexibility index (Phi) is 6.89. The number of carbonyl (C=O) groups is 1. The fourth-order valence-corrected chi connectivity index (χ4v) is 2.81. The van der Waals surface area contributed by atoms with Crippen LogP contribution >= 0.6 is 11.6 Å². The maximum absolute atomic E-state index is 12.2. The smallest absolute Gasteiger partial charge is 0.323 e. The van der Waals surface area contributed by atoms with Crippen molar-refractivity contribution in [1.29, 1.82) is 0 Å². The number of benzene rings is 2. The summed E-state index contributed by atoms with van der Waals surface area (Å²) in [4.78, 5) is 12.2. The maximum atomic E-state index is 12.2. The molecule has 0 fully saturated rings. The Bertz CT molecular complexity index is 914. The van der Waals surface area contributed by atoms with E-state index in [4.69, 9.17) is 16.3 Å². The maximum Gasteiger partial charge on any atom is 0.323 e. The molecule has 0 saturated carbocycles. The minimum atomic E-state index is -0.368. The predicted octanol–water partition coefficient (Wildman–Crippen LogP) is 4.44. The van der Waals surface area contributed by atoms with E-state index in [9.17, 15) is 4.79 Å². The van der Waals surface area contributed by atoms with Crippen molar-refractivity contribution in [2.45, 2.75) is 13.1 Å². The summed E-state index contributed by atoms with van der Waals surface area (Å²) in [5.41, 5.74) is 3.16. The second-order valence-corrected chi connectivity index (χ2v) is 6.50. The van der Waals surface area contributed by atoms with E-state index >= 15 is 0 Å². The van der Waals surface area contributed by atoms with Gasteiger partial charge in [0.15, 0.2) is 0 Å². The van der Waals surface area contributed by atoms with Gasteiger partial charge in [0.25, 0.3) is 0 Å². The molecule has 0 atom stereocenters. The molecule has 0 unspecified atom stereocenters.